The number of carbonyl (C=O) groups is 3. The van der Waals surface area contributed by atoms with Crippen LogP contribution >= 0.6 is 22.9 Å². The molecule has 2 fully saturated rings. The van der Waals surface area contributed by atoms with Crippen LogP contribution in [-0.4, -0.2) is 101 Å². The molecule has 3 amide bonds. The maximum absolute atomic E-state index is 14.4. The van der Waals surface area contributed by atoms with E-state index in [4.69, 9.17) is 25.9 Å². The second-order valence-corrected chi connectivity index (χ2v) is 22.3. The monoisotopic (exact) mass is 1010 g/mol. The van der Waals surface area contributed by atoms with Crippen LogP contribution in [0.4, 0.5) is 0 Å². The number of aliphatic hydroxyl groups is 1. The summed E-state index contributed by atoms with van der Waals surface area (Å²) in [4.78, 5) is 54.2. The normalized spacial score (nSPS) is 20.8. The van der Waals surface area contributed by atoms with Crippen LogP contribution in [0, 0.1) is 33.1 Å². The number of fused-ring (bicyclic) bond motifs is 3. The van der Waals surface area contributed by atoms with Crippen LogP contribution in [0.2, 0.25) is 5.02 Å². The van der Waals surface area contributed by atoms with Crippen molar-refractivity contribution < 1.29 is 28.8 Å². The van der Waals surface area contributed by atoms with Gasteiger partial charge in [-0.1, -0.05) is 73.9 Å². The molecule has 0 radical (unpaired) electrons. The molecule has 3 aliphatic rings. The summed E-state index contributed by atoms with van der Waals surface area (Å²) in [5.74, 6) is 2.43. The number of likely N-dealkylation sites (tertiary alicyclic amines) is 1. The highest BCUT2D eigenvalue weighted by Crippen LogP contribution is 2.40. The van der Waals surface area contributed by atoms with Crippen LogP contribution < -0.4 is 20.7 Å². The standard InChI is InChI=1S/C54H63ClN10O6S/c1-28-31(4)72-53-47(28)48(36-16-18-38(55)19-17-36)59-43(50-62-61-33(6)65(50)53)26-46(68)58-39-23-42(24-39)70-41-20-10-34(11-21-41)22-45(67)60-49(54(7,8)9)52(69)64-27-40(66)25-44(64)30(3)56-29(2)35-12-14-37(15-13-35)51-57-32(5)63-71-51/h10-21,29-30,39-40,42-44,49,56,66H,22-27H2,1-9H3,(H,58,68)(H,60,67)/t29-,30?,39-,40+,42-,43-,44?,49+/m0/s1. The van der Waals surface area contributed by atoms with E-state index in [2.05, 4.69) is 57.1 Å². The minimum atomic E-state index is -0.822. The van der Waals surface area contributed by atoms with E-state index in [9.17, 15) is 19.5 Å². The molecule has 0 bridgehead atoms. The number of rotatable bonds is 15. The van der Waals surface area contributed by atoms with E-state index in [0.717, 1.165) is 49.9 Å². The van der Waals surface area contributed by atoms with Crippen LogP contribution in [-0.2, 0) is 20.8 Å². The highest BCUT2D eigenvalue weighted by Gasteiger charge is 2.44. The van der Waals surface area contributed by atoms with E-state index < -0.39 is 23.6 Å². The number of carbonyl (C=O) groups excluding carboxylic acids is 3. The lowest BCUT2D eigenvalue weighted by Crippen LogP contribution is -2.58. The molecule has 1 aliphatic carbocycles. The second kappa shape index (κ2) is 20.7. The van der Waals surface area contributed by atoms with Gasteiger partial charge in [0.25, 0.3) is 5.89 Å². The van der Waals surface area contributed by atoms with Gasteiger partial charge in [-0.05, 0) is 106 Å². The number of β-amino-alcohol motifs (C(OH)–C–C–N with tert-alkyl or cyclic N) is 1. The maximum atomic E-state index is 14.4. The lowest BCUT2D eigenvalue weighted by atomic mass is 9.85. The Morgan fingerprint density at radius 1 is 0.917 bits per heavy atom. The van der Waals surface area contributed by atoms with E-state index in [0.29, 0.717) is 47.6 Å². The van der Waals surface area contributed by atoms with Gasteiger partial charge in [0.05, 0.1) is 24.7 Å². The van der Waals surface area contributed by atoms with Crippen LogP contribution in [0.3, 0.4) is 0 Å². The predicted molar refractivity (Wildman–Crippen MR) is 277 cm³/mol. The summed E-state index contributed by atoms with van der Waals surface area (Å²) < 4.78 is 13.6. The highest BCUT2D eigenvalue weighted by atomic mass is 35.5. The molecule has 6 aromatic rings. The summed E-state index contributed by atoms with van der Waals surface area (Å²) in [5.41, 5.74) is 5.89. The van der Waals surface area contributed by atoms with Crippen LogP contribution in [0.15, 0.2) is 82.3 Å². The van der Waals surface area contributed by atoms with Gasteiger partial charge in [-0.3, -0.25) is 23.9 Å². The number of hydrogen-bond acceptors (Lipinski definition) is 13. The molecule has 0 spiro atoms. The number of thiophene rings is 1. The average Bonchev–Trinajstić information content (AvgIpc) is 4.10. The van der Waals surface area contributed by atoms with Crippen molar-refractivity contribution in [3.63, 3.8) is 0 Å². The van der Waals surface area contributed by atoms with Gasteiger partial charge in [0.15, 0.2) is 11.6 Å². The summed E-state index contributed by atoms with van der Waals surface area (Å²) >= 11 is 7.95. The van der Waals surface area contributed by atoms with Gasteiger partial charge in [-0.2, -0.15) is 4.98 Å². The Bertz CT molecular complexity index is 2970. The number of amides is 3. The number of aliphatic hydroxyl groups excluding tert-OH is 1. The zero-order valence-electron chi connectivity index (χ0n) is 42.2. The van der Waals surface area contributed by atoms with Crippen molar-refractivity contribution in [2.45, 2.75) is 143 Å². The first kappa shape index (κ1) is 50.7. The Balaban J connectivity index is 0.767. The fraction of sp³-hybridized carbons (Fsp3) is 0.444. The van der Waals surface area contributed by atoms with Gasteiger partial charge >= 0.3 is 0 Å². The molecule has 1 saturated carbocycles. The maximum Gasteiger partial charge on any atom is 0.257 e. The summed E-state index contributed by atoms with van der Waals surface area (Å²) in [7, 11) is 0. The summed E-state index contributed by atoms with van der Waals surface area (Å²) in [6.45, 7) is 18.0. The zero-order valence-corrected chi connectivity index (χ0v) is 43.8. The Labute approximate surface area is 429 Å². The first-order chi connectivity index (χ1) is 34.3. The fourth-order valence-corrected chi connectivity index (χ4v) is 11.3. The third-order valence-corrected chi connectivity index (χ3v) is 15.5. The number of benzene rings is 3. The number of aliphatic imine (C=N–C) groups is 1. The smallest absolute Gasteiger partial charge is 0.257 e. The Hall–Kier alpha value is -6.27. The molecule has 16 nitrogen and oxygen atoms in total. The Morgan fingerprint density at radius 2 is 1.61 bits per heavy atom. The van der Waals surface area contributed by atoms with Crippen molar-refractivity contribution >= 4 is 46.4 Å². The Kier molecular flexibility index (Phi) is 14.6. The van der Waals surface area contributed by atoms with E-state index in [1.54, 1.807) is 23.2 Å². The number of aromatic nitrogens is 5. The van der Waals surface area contributed by atoms with E-state index in [-0.39, 0.29) is 67.4 Å². The molecule has 4 N–H and O–H groups in total. The minimum absolute atomic E-state index is 0.0552. The van der Waals surface area contributed by atoms with Gasteiger partial charge in [0.1, 0.15) is 34.8 Å². The quantitative estimate of drug-likeness (QED) is 0.0776. The third-order valence-electron chi connectivity index (χ3n) is 14.1. The van der Waals surface area contributed by atoms with Gasteiger partial charge < -0.3 is 35.2 Å². The third kappa shape index (κ3) is 10.9. The topological polar surface area (TPSA) is 202 Å². The van der Waals surface area contributed by atoms with Gasteiger partial charge in [-0.25, -0.2) is 0 Å². The van der Waals surface area contributed by atoms with Gasteiger partial charge in [0.2, 0.25) is 17.7 Å². The zero-order chi connectivity index (χ0) is 51.2. The highest BCUT2D eigenvalue weighted by molar-refractivity contribution is 7.15. The predicted octanol–water partition coefficient (Wildman–Crippen LogP) is 8.05. The molecular formula is C54H63ClN10O6S. The molecule has 72 heavy (non-hydrogen) atoms. The molecule has 18 heteroatoms. The second-order valence-electron chi connectivity index (χ2n) is 20.7. The lowest BCUT2D eigenvalue weighted by Gasteiger charge is -2.38. The van der Waals surface area contributed by atoms with E-state index in [1.165, 1.54) is 4.88 Å². The molecule has 2 unspecified atom stereocenters. The lowest BCUT2D eigenvalue weighted by molar-refractivity contribution is -0.140. The van der Waals surface area contributed by atoms with Crippen molar-refractivity contribution in [1.29, 1.82) is 0 Å². The van der Waals surface area contributed by atoms with Crippen molar-refractivity contribution in [2.24, 2.45) is 10.4 Å². The molecular weight excluding hydrogens is 952 g/mol. The van der Waals surface area contributed by atoms with Crippen molar-refractivity contribution in [3.8, 4) is 22.2 Å². The van der Waals surface area contributed by atoms with E-state index in [1.807, 2.05) is 112 Å². The van der Waals surface area contributed by atoms with E-state index >= 15 is 0 Å². The molecule has 378 valence electrons. The largest absolute Gasteiger partial charge is 0.490 e. The van der Waals surface area contributed by atoms with Crippen molar-refractivity contribution in [2.75, 3.05) is 6.54 Å². The van der Waals surface area contributed by atoms with Crippen LogP contribution in [0.25, 0.3) is 16.5 Å². The number of hydrogen-bond donors (Lipinski definition) is 4. The number of halogens is 1. The molecule has 1 saturated heterocycles. The molecule has 3 aromatic carbocycles. The summed E-state index contributed by atoms with van der Waals surface area (Å²) in [5, 5.41) is 35.2. The molecule has 5 heterocycles. The van der Waals surface area contributed by atoms with Crippen molar-refractivity contribution in [1.82, 2.24) is 45.8 Å². The molecule has 9 rings (SSSR count). The van der Waals surface area contributed by atoms with Crippen molar-refractivity contribution in [3.05, 3.63) is 128 Å². The van der Waals surface area contributed by atoms with Crippen LogP contribution in [0.1, 0.15) is 123 Å². The Morgan fingerprint density at radius 3 is 2.28 bits per heavy atom. The number of ether oxygens (including phenoxy) is 1. The number of aryl methyl sites for hydroxylation is 3. The fourth-order valence-electron chi connectivity index (χ4n) is 9.97. The first-order valence-electron chi connectivity index (χ1n) is 24.7. The molecule has 3 aromatic heterocycles. The van der Waals surface area contributed by atoms with Gasteiger partial charge in [-0.15, -0.1) is 21.5 Å². The average molecular weight is 1020 g/mol. The first-order valence-corrected chi connectivity index (χ1v) is 25.8. The number of nitrogens with one attached hydrogen (secondary N) is 3. The summed E-state index contributed by atoms with van der Waals surface area (Å²) in [6, 6.07) is 21.0. The number of nitrogens with zero attached hydrogens (tertiary/aromatic N) is 7. The molecule has 2 aliphatic heterocycles. The van der Waals surface area contributed by atoms with Gasteiger partial charge in [0, 0.05) is 70.1 Å². The summed E-state index contributed by atoms with van der Waals surface area (Å²) in [6.07, 6.45) is 1.11. The minimum Gasteiger partial charge on any atom is -0.490 e. The SMILES string of the molecule is Cc1noc(-c2ccc([C@H](C)NC(C)C3C[C@@H](O)CN3C(=O)[C@@H](NC(=O)Cc3ccc(O[C@H]4C[C@H](NC(=O)C[C@@H]5N=C(c6ccc(Cl)cc6)c6c(sc(C)c6C)-n6c(C)nnc65)C4)cc3)C(C)(C)C)cc2)n1. The molecule has 6 atom stereocenters. The van der Waals surface area contributed by atoms with Crippen LogP contribution in [0.5, 0.6) is 5.75 Å².